The minimum absolute atomic E-state index is 0.156. The summed E-state index contributed by atoms with van der Waals surface area (Å²) in [5.74, 6) is 0.732. The molecule has 0 spiro atoms. The summed E-state index contributed by atoms with van der Waals surface area (Å²) in [7, 11) is 1.84. The van der Waals surface area contributed by atoms with Crippen molar-refractivity contribution in [3.05, 3.63) is 52.3 Å². The highest BCUT2D eigenvalue weighted by molar-refractivity contribution is 9.10. The third kappa shape index (κ3) is 4.75. The fourth-order valence-electron chi connectivity index (χ4n) is 3.59. The Morgan fingerprint density at radius 3 is 2.57 bits per heavy atom. The van der Waals surface area contributed by atoms with Crippen molar-refractivity contribution in [3.63, 3.8) is 0 Å². The fourth-order valence-corrected chi connectivity index (χ4v) is 3.86. The van der Waals surface area contributed by atoms with Crippen LogP contribution in [0.4, 0.5) is 0 Å². The normalized spacial score (nSPS) is 18.2. The summed E-state index contributed by atoms with van der Waals surface area (Å²) in [6, 6.07) is 8.64. The predicted octanol–water partition coefficient (Wildman–Crippen LogP) is 3.07. The molecule has 0 amide bonds. The maximum absolute atomic E-state index is 10.8. The van der Waals surface area contributed by atoms with E-state index in [1.165, 1.54) is 24.8 Å². The molecule has 0 bridgehead atoms. The number of aromatic nitrogens is 2. The number of aryl methyl sites for hydroxylation is 1. The highest BCUT2D eigenvalue weighted by Gasteiger charge is 2.38. The lowest BCUT2D eigenvalue weighted by molar-refractivity contribution is 0.0671. The number of aliphatic hydroxyl groups is 1. The van der Waals surface area contributed by atoms with Crippen LogP contribution in [0.1, 0.15) is 44.2 Å². The van der Waals surface area contributed by atoms with E-state index in [4.69, 9.17) is 0 Å². The third-order valence-electron chi connectivity index (χ3n) is 5.58. The van der Waals surface area contributed by atoms with E-state index in [2.05, 4.69) is 60.9 Å². The lowest BCUT2D eigenvalue weighted by Crippen LogP contribution is -2.49. The molecule has 6 nitrogen and oxygen atoms in total. The minimum atomic E-state index is -1.06. The first-order chi connectivity index (χ1) is 13.3. The van der Waals surface area contributed by atoms with Gasteiger partial charge in [0.05, 0.1) is 12.7 Å². The van der Waals surface area contributed by atoms with Crippen LogP contribution >= 0.6 is 15.9 Å². The van der Waals surface area contributed by atoms with Gasteiger partial charge in [-0.15, -0.1) is 0 Å². The van der Waals surface area contributed by atoms with E-state index < -0.39 is 5.60 Å². The van der Waals surface area contributed by atoms with Crippen LogP contribution in [0.5, 0.6) is 0 Å². The summed E-state index contributed by atoms with van der Waals surface area (Å²) in [5.41, 5.74) is 1.23. The smallest absolute Gasteiger partial charge is 0.191 e. The largest absolute Gasteiger partial charge is 0.383 e. The molecule has 152 valence electrons. The Kier molecular flexibility index (Phi) is 6.45. The molecule has 0 saturated heterocycles. The van der Waals surface area contributed by atoms with Crippen LogP contribution in [-0.4, -0.2) is 40.5 Å². The number of guanidine groups is 1. The molecule has 1 fully saturated rings. The molecular formula is C21H30BrN5O. The summed E-state index contributed by atoms with van der Waals surface area (Å²) in [6.07, 6.45) is 7.11. The Labute approximate surface area is 175 Å². The molecule has 1 saturated carbocycles. The van der Waals surface area contributed by atoms with E-state index in [-0.39, 0.29) is 12.0 Å². The van der Waals surface area contributed by atoms with Crippen molar-refractivity contribution in [2.24, 2.45) is 12.0 Å². The zero-order valence-corrected chi connectivity index (χ0v) is 18.5. The van der Waals surface area contributed by atoms with Crippen molar-refractivity contribution in [2.75, 3.05) is 19.6 Å². The maximum Gasteiger partial charge on any atom is 0.191 e. The molecule has 2 aromatic rings. The van der Waals surface area contributed by atoms with Crippen LogP contribution < -0.4 is 10.6 Å². The Hall–Kier alpha value is -1.86. The van der Waals surface area contributed by atoms with Crippen molar-refractivity contribution in [2.45, 2.75) is 44.1 Å². The molecule has 1 aromatic carbocycles. The summed E-state index contributed by atoms with van der Waals surface area (Å²) < 4.78 is 2.79. The lowest BCUT2D eigenvalue weighted by Gasteiger charge is -2.43. The van der Waals surface area contributed by atoms with Gasteiger partial charge in [-0.1, -0.05) is 34.5 Å². The van der Waals surface area contributed by atoms with Crippen LogP contribution in [0.2, 0.25) is 0 Å². The van der Waals surface area contributed by atoms with Crippen molar-refractivity contribution in [1.82, 2.24) is 20.4 Å². The summed E-state index contributed by atoms with van der Waals surface area (Å²) in [6.45, 7) is 5.68. The molecule has 3 N–H and O–H groups in total. The SMILES string of the molecule is CCNC(=NCC(C)(O)c1cnn(C)c1)NCC1(c2ccc(Br)cc2)CCC1. The molecule has 1 aromatic heterocycles. The molecule has 1 aliphatic carbocycles. The van der Waals surface area contributed by atoms with Crippen molar-refractivity contribution < 1.29 is 5.11 Å². The Balaban J connectivity index is 1.68. The highest BCUT2D eigenvalue weighted by atomic mass is 79.9. The van der Waals surface area contributed by atoms with E-state index >= 15 is 0 Å². The number of hydrogen-bond acceptors (Lipinski definition) is 3. The van der Waals surface area contributed by atoms with E-state index in [1.54, 1.807) is 17.8 Å². The predicted molar refractivity (Wildman–Crippen MR) is 116 cm³/mol. The molecule has 1 aliphatic rings. The van der Waals surface area contributed by atoms with Crippen LogP contribution in [0.25, 0.3) is 0 Å². The number of benzene rings is 1. The second-order valence-corrected chi connectivity index (χ2v) is 8.78. The van der Waals surface area contributed by atoms with E-state index in [0.29, 0.717) is 0 Å². The van der Waals surface area contributed by atoms with E-state index in [0.717, 1.165) is 29.1 Å². The highest BCUT2D eigenvalue weighted by Crippen LogP contribution is 2.43. The average Bonchev–Trinajstić information content (AvgIpc) is 3.07. The first-order valence-electron chi connectivity index (χ1n) is 9.84. The molecule has 1 atom stereocenters. The van der Waals surface area contributed by atoms with E-state index in [9.17, 15) is 5.11 Å². The first kappa shape index (κ1) is 20.9. The van der Waals surface area contributed by atoms with Gasteiger partial charge in [-0.05, 0) is 44.4 Å². The fraction of sp³-hybridized carbons (Fsp3) is 0.524. The van der Waals surface area contributed by atoms with Crippen molar-refractivity contribution in [1.29, 1.82) is 0 Å². The summed E-state index contributed by atoms with van der Waals surface area (Å²) in [4.78, 5) is 4.64. The van der Waals surface area contributed by atoms with Gasteiger partial charge < -0.3 is 15.7 Å². The Bertz CT molecular complexity index is 808. The Morgan fingerprint density at radius 1 is 1.32 bits per heavy atom. The van der Waals surface area contributed by atoms with Gasteiger partial charge in [-0.3, -0.25) is 4.68 Å². The number of aliphatic imine (C=N–C) groups is 1. The van der Waals surface area contributed by atoms with Gasteiger partial charge >= 0.3 is 0 Å². The monoisotopic (exact) mass is 447 g/mol. The molecular weight excluding hydrogens is 418 g/mol. The molecule has 7 heteroatoms. The number of hydrogen-bond donors (Lipinski definition) is 3. The van der Waals surface area contributed by atoms with Gasteiger partial charge in [0.1, 0.15) is 5.60 Å². The molecule has 28 heavy (non-hydrogen) atoms. The third-order valence-corrected chi connectivity index (χ3v) is 6.11. The van der Waals surface area contributed by atoms with Gasteiger partial charge in [-0.2, -0.15) is 5.10 Å². The van der Waals surface area contributed by atoms with Crippen molar-refractivity contribution in [3.8, 4) is 0 Å². The van der Waals surface area contributed by atoms with Crippen LogP contribution in [0, 0.1) is 0 Å². The first-order valence-corrected chi connectivity index (χ1v) is 10.6. The van der Waals surface area contributed by atoms with Gasteiger partial charge in [-0.25, -0.2) is 4.99 Å². The van der Waals surface area contributed by atoms with Crippen molar-refractivity contribution >= 4 is 21.9 Å². The zero-order valence-electron chi connectivity index (χ0n) is 16.9. The second-order valence-electron chi connectivity index (χ2n) is 7.87. The van der Waals surface area contributed by atoms with Gasteiger partial charge in [0.15, 0.2) is 5.96 Å². The number of halogens is 1. The Morgan fingerprint density at radius 2 is 2.04 bits per heavy atom. The number of nitrogens with zero attached hydrogens (tertiary/aromatic N) is 3. The van der Waals surface area contributed by atoms with Gasteiger partial charge in [0, 0.05) is 41.8 Å². The standard InChI is InChI=1S/C21H30BrN5O/c1-4-23-19(24-14-20(2,28)17-12-26-27(3)13-17)25-15-21(10-5-11-21)16-6-8-18(22)9-7-16/h6-9,12-13,28H,4-5,10-11,14-15H2,1-3H3,(H2,23,24,25). The van der Waals surface area contributed by atoms with Crippen LogP contribution in [-0.2, 0) is 18.1 Å². The minimum Gasteiger partial charge on any atom is -0.383 e. The molecule has 3 rings (SSSR count). The van der Waals surface area contributed by atoms with E-state index in [1.807, 2.05) is 20.2 Å². The number of rotatable bonds is 7. The summed E-state index contributed by atoms with van der Waals surface area (Å²) in [5, 5.41) is 21.7. The molecule has 1 unspecified atom stereocenters. The molecule has 0 aliphatic heterocycles. The average molecular weight is 448 g/mol. The maximum atomic E-state index is 10.8. The molecule has 1 heterocycles. The van der Waals surface area contributed by atoms with Crippen LogP contribution in [0.3, 0.4) is 0 Å². The molecule has 0 radical (unpaired) electrons. The zero-order chi connectivity index (χ0) is 20.2. The topological polar surface area (TPSA) is 74.5 Å². The quantitative estimate of drug-likeness (QED) is 0.450. The second kappa shape index (κ2) is 8.66. The van der Waals surface area contributed by atoms with Gasteiger partial charge in [0.25, 0.3) is 0 Å². The van der Waals surface area contributed by atoms with Crippen LogP contribution in [0.15, 0.2) is 46.1 Å². The van der Waals surface area contributed by atoms with Gasteiger partial charge in [0.2, 0.25) is 0 Å². The number of nitrogens with one attached hydrogen (secondary N) is 2. The lowest BCUT2D eigenvalue weighted by atomic mass is 9.64. The summed E-state index contributed by atoms with van der Waals surface area (Å²) >= 11 is 3.52.